The Morgan fingerprint density at radius 2 is 2.05 bits per heavy atom. The van der Waals surface area contributed by atoms with Crippen LogP contribution in [-0.2, 0) is 10.0 Å². The van der Waals surface area contributed by atoms with Gasteiger partial charge in [0.2, 0.25) is 10.0 Å². The van der Waals surface area contributed by atoms with E-state index in [2.05, 4.69) is 18.6 Å². The molecule has 5 heteroatoms. The molecule has 1 aliphatic rings. The summed E-state index contributed by atoms with van der Waals surface area (Å²) in [6.07, 6.45) is 3.12. The van der Waals surface area contributed by atoms with Crippen LogP contribution in [0.1, 0.15) is 38.7 Å². The van der Waals surface area contributed by atoms with E-state index in [1.165, 1.54) is 6.07 Å². The van der Waals surface area contributed by atoms with Gasteiger partial charge in [-0.05, 0) is 49.3 Å². The molecule has 0 spiro atoms. The third-order valence-electron chi connectivity index (χ3n) is 4.62. The van der Waals surface area contributed by atoms with E-state index in [0.29, 0.717) is 17.5 Å². The second-order valence-electron chi connectivity index (χ2n) is 5.85. The molecule has 4 nitrogen and oxygen atoms in total. The Bertz CT molecular complexity index is 584. The van der Waals surface area contributed by atoms with Crippen molar-refractivity contribution in [3.8, 4) is 0 Å². The first kappa shape index (κ1) is 15.3. The third-order valence-corrected chi connectivity index (χ3v) is 6.11. The summed E-state index contributed by atoms with van der Waals surface area (Å²) in [5.74, 6) is 1.00. The molecule has 0 aromatic heterocycles. The van der Waals surface area contributed by atoms with Crippen molar-refractivity contribution in [1.29, 1.82) is 0 Å². The van der Waals surface area contributed by atoms with Crippen molar-refractivity contribution in [1.82, 2.24) is 4.72 Å². The number of benzene rings is 1. The summed E-state index contributed by atoms with van der Waals surface area (Å²) in [6.45, 7) is 6.17. The standard InChI is InChI=1S/C15H24N2O2S/c1-4-12-6-8-15(11(12)3)17-20(18,19)13-7-5-10(2)14(16)9-13/h5,7,9,11-12,15,17H,4,6,8,16H2,1-3H3. The second-order valence-corrected chi connectivity index (χ2v) is 7.56. The molecule has 0 bridgehead atoms. The summed E-state index contributed by atoms with van der Waals surface area (Å²) in [5.41, 5.74) is 7.21. The number of nitrogens with two attached hydrogens (primary N) is 1. The fourth-order valence-electron chi connectivity index (χ4n) is 3.04. The minimum absolute atomic E-state index is 0.0347. The lowest BCUT2D eigenvalue weighted by Gasteiger charge is -2.21. The molecule has 1 aromatic rings. The summed E-state index contributed by atoms with van der Waals surface area (Å²) < 4.78 is 27.7. The lowest BCUT2D eigenvalue weighted by atomic mass is 9.94. The quantitative estimate of drug-likeness (QED) is 0.839. The maximum Gasteiger partial charge on any atom is 0.240 e. The topological polar surface area (TPSA) is 72.2 Å². The van der Waals surface area contributed by atoms with Crippen LogP contribution in [0.25, 0.3) is 0 Å². The van der Waals surface area contributed by atoms with Crippen LogP contribution in [0, 0.1) is 18.8 Å². The van der Waals surface area contributed by atoms with Crippen molar-refractivity contribution in [2.45, 2.75) is 51.0 Å². The van der Waals surface area contributed by atoms with Crippen molar-refractivity contribution in [3.05, 3.63) is 23.8 Å². The van der Waals surface area contributed by atoms with Crippen LogP contribution < -0.4 is 10.5 Å². The van der Waals surface area contributed by atoms with Gasteiger partial charge in [-0.2, -0.15) is 0 Å². The Morgan fingerprint density at radius 1 is 1.35 bits per heavy atom. The lowest BCUT2D eigenvalue weighted by Crippen LogP contribution is -2.37. The molecule has 0 saturated heterocycles. The molecule has 3 atom stereocenters. The highest BCUT2D eigenvalue weighted by molar-refractivity contribution is 7.89. The van der Waals surface area contributed by atoms with Gasteiger partial charge in [-0.25, -0.2) is 13.1 Å². The van der Waals surface area contributed by atoms with Crippen molar-refractivity contribution < 1.29 is 8.42 Å². The van der Waals surface area contributed by atoms with E-state index >= 15 is 0 Å². The summed E-state index contributed by atoms with van der Waals surface area (Å²) >= 11 is 0. The Kier molecular flexibility index (Phi) is 4.39. The molecule has 112 valence electrons. The summed E-state index contributed by atoms with van der Waals surface area (Å²) in [7, 11) is -3.48. The highest BCUT2D eigenvalue weighted by Crippen LogP contribution is 2.34. The second kappa shape index (κ2) is 5.74. The first-order valence-electron chi connectivity index (χ1n) is 7.23. The fraction of sp³-hybridized carbons (Fsp3) is 0.600. The normalized spacial score (nSPS) is 26.9. The molecule has 0 amide bonds. The number of hydrogen-bond acceptors (Lipinski definition) is 3. The Balaban J connectivity index is 2.17. The van der Waals surface area contributed by atoms with Crippen LogP contribution in [-0.4, -0.2) is 14.5 Å². The van der Waals surface area contributed by atoms with E-state index in [1.54, 1.807) is 12.1 Å². The van der Waals surface area contributed by atoms with Crippen LogP contribution >= 0.6 is 0 Å². The highest BCUT2D eigenvalue weighted by atomic mass is 32.2. The molecule has 3 unspecified atom stereocenters. The van der Waals surface area contributed by atoms with Gasteiger partial charge in [0, 0.05) is 11.7 Å². The van der Waals surface area contributed by atoms with Gasteiger partial charge in [0.15, 0.2) is 0 Å². The maximum atomic E-state index is 12.4. The van der Waals surface area contributed by atoms with Gasteiger partial charge >= 0.3 is 0 Å². The fourth-order valence-corrected chi connectivity index (χ4v) is 4.44. The van der Waals surface area contributed by atoms with Crippen LogP contribution in [0.3, 0.4) is 0 Å². The largest absolute Gasteiger partial charge is 0.398 e. The molecule has 0 heterocycles. The zero-order valence-electron chi connectivity index (χ0n) is 12.4. The van der Waals surface area contributed by atoms with Gasteiger partial charge < -0.3 is 5.73 Å². The molecular formula is C15H24N2O2S. The molecule has 2 rings (SSSR count). The molecule has 1 aromatic carbocycles. The van der Waals surface area contributed by atoms with Crippen molar-refractivity contribution in [2.24, 2.45) is 11.8 Å². The van der Waals surface area contributed by atoms with Gasteiger partial charge in [-0.1, -0.05) is 26.3 Å². The van der Waals surface area contributed by atoms with Crippen molar-refractivity contribution >= 4 is 15.7 Å². The van der Waals surface area contributed by atoms with Gasteiger partial charge in [-0.3, -0.25) is 0 Å². The minimum atomic E-state index is -3.48. The number of nitrogens with one attached hydrogen (secondary N) is 1. The first-order valence-corrected chi connectivity index (χ1v) is 8.72. The molecule has 1 fully saturated rings. The minimum Gasteiger partial charge on any atom is -0.398 e. The molecule has 20 heavy (non-hydrogen) atoms. The average molecular weight is 296 g/mol. The smallest absolute Gasteiger partial charge is 0.240 e. The molecule has 0 aliphatic heterocycles. The number of nitrogen functional groups attached to an aromatic ring is 1. The molecule has 0 radical (unpaired) electrons. The average Bonchev–Trinajstić information content (AvgIpc) is 2.73. The van der Waals surface area contributed by atoms with Crippen LogP contribution in [0.2, 0.25) is 0 Å². The lowest BCUT2D eigenvalue weighted by molar-refractivity contribution is 0.368. The van der Waals surface area contributed by atoms with E-state index < -0.39 is 10.0 Å². The number of aryl methyl sites for hydroxylation is 1. The number of hydrogen-bond donors (Lipinski definition) is 2. The molecular weight excluding hydrogens is 272 g/mol. The molecule has 1 saturated carbocycles. The maximum absolute atomic E-state index is 12.4. The van der Waals surface area contributed by atoms with Gasteiger partial charge in [0.05, 0.1) is 4.90 Å². The van der Waals surface area contributed by atoms with Gasteiger partial charge in [0.25, 0.3) is 0 Å². The molecule has 1 aliphatic carbocycles. The summed E-state index contributed by atoms with van der Waals surface area (Å²) in [5, 5.41) is 0. The zero-order chi connectivity index (χ0) is 14.9. The summed E-state index contributed by atoms with van der Waals surface area (Å²) in [6, 6.07) is 4.93. The predicted octanol–water partition coefficient (Wildman–Crippen LogP) is 2.68. The van der Waals surface area contributed by atoms with E-state index in [-0.39, 0.29) is 10.9 Å². The monoisotopic (exact) mass is 296 g/mol. The van der Waals surface area contributed by atoms with Crippen molar-refractivity contribution in [2.75, 3.05) is 5.73 Å². The van der Waals surface area contributed by atoms with Crippen LogP contribution in [0.5, 0.6) is 0 Å². The van der Waals surface area contributed by atoms with E-state index in [4.69, 9.17) is 5.73 Å². The zero-order valence-corrected chi connectivity index (χ0v) is 13.2. The van der Waals surface area contributed by atoms with Crippen LogP contribution in [0.4, 0.5) is 5.69 Å². The third kappa shape index (κ3) is 2.99. The van der Waals surface area contributed by atoms with Gasteiger partial charge in [0.1, 0.15) is 0 Å². The highest BCUT2D eigenvalue weighted by Gasteiger charge is 2.34. The number of rotatable bonds is 4. The SMILES string of the molecule is CCC1CCC(NS(=O)(=O)c2ccc(C)c(N)c2)C1C. The summed E-state index contributed by atoms with van der Waals surface area (Å²) in [4.78, 5) is 0.257. The molecule has 3 N–H and O–H groups in total. The Hall–Kier alpha value is -1.07. The van der Waals surface area contributed by atoms with E-state index in [0.717, 1.165) is 24.8 Å². The van der Waals surface area contributed by atoms with Gasteiger partial charge in [-0.15, -0.1) is 0 Å². The predicted molar refractivity (Wildman–Crippen MR) is 81.9 cm³/mol. The van der Waals surface area contributed by atoms with Crippen molar-refractivity contribution in [3.63, 3.8) is 0 Å². The number of anilines is 1. The Morgan fingerprint density at radius 3 is 2.60 bits per heavy atom. The first-order chi connectivity index (χ1) is 9.35. The Labute approximate surface area is 121 Å². The van der Waals surface area contributed by atoms with E-state index in [9.17, 15) is 8.42 Å². The number of sulfonamides is 1. The van der Waals surface area contributed by atoms with Crippen LogP contribution in [0.15, 0.2) is 23.1 Å². The van der Waals surface area contributed by atoms with E-state index in [1.807, 2.05) is 6.92 Å².